The standard InChI is InChI=1S/C12H26O3S.ClH.Na/c1-2-3-4-5-6-7-8-9-10-11-12-16(13,14)15;;/h2-12H2,1H3,(H,13,14,15);1H;/q;;+1/p-1. The fraction of sp³-hybridized carbons (Fsp3) is 1.00. The maximum absolute atomic E-state index is 10.3. The minimum atomic E-state index is -3.98. The molecule has 0 fully saturated rings. The van der Waals surface area contributed by atoms with E-state index in [1.54, 1.807) is 0 Å². The normalized spacial score (nSPS) is 10.6. The summed E-state index contributed by atoms with van der Waals surface area (Å²) in [5, 5.41) is 0. The Morgan fingerprint density at radius 2 is 1.11 bits per heavy atom. The second-order valence-electron chi connectivity index (χ2n) is 4.44. The molecule has 6 heteroatoms. The first-order valence-corrected chi connectivity index (χ1v) is 8.07. The molecule has 0 N–H and O–H groups in total. The molecule has 0 amide bonds. The molecule has 0 aliphatic rings. The van der Waals surface area contributed by atoms with Crippen molar-refractivity contribution in [2.24, 2.45) is 0 Å². The predicted octanol–water partition coefficient (Wildman–Crippen LogP) is 0.878. The van der Waals surface area contributed by atoms with Crippen molar-refractivity contribution >= 4 is 22.5 Å². The summed E-state index contributed by atoms with van der Waals surface area (Å²) < 4.78 is 30.9. The van der Waals surface area contributed by atoms with E-state index in [0.717, 1.165) is 12.8 Å². The first-order valence-electron chi connectivity index (χ1n) is 6.50. The summed E-state index contributed by atoms with van der Waals surface area (Å²) in [5.74, 6) is -0.191. The summed E-state index contributed by atoms with van der Waals surface area (Å²) in [6, 6.07) is 0. The number of hydrogen-bond acceptors (Lipinski definition) is 3. The zero-order valence-electron chi connectivity index (χ0n) is 11.8. The molecule has 3 nitrogen and oxygen atoms in total. The van der Waals surface area contributed by atoms with Crippen LogP contribution in [0.25, 0.3) is 0 Å². The van der Waals surface area contributed by atoms with Crippen LogP contribution < -0.4 is 29.6 Å². The fourth-order valence-corrected chi connectivity index (χ4v) is 2.32. The van der Waals surface area contributed by atoms with Crippen LogP contribution in [0.15, 0.2) is 0 Å². The fourth-order valence-electron chi connectivity index (χ4n) is 1.77. The zero-order chi connectivity index (χ0) is 12.3. The SMILES string of the molecule is CCCCCCCCCCCCS(=O)(=O)[O-].Cl.[Na+]. The number of hydrogen-bond donors (Lipinski definition) is 0. The van der Waals surface area contributed by atoms with E-state index in [4.69, 9.17) is 0 Å². The van der Waals surface area contributed by atoms with Crippen molar-refractivity contribution < 1.29 is 42.5 Å². The molecule has 0 rings (SSSR count). The van der Waals surface area contributed by atoms with E-state index in [-0.39, 0.29) is 47.7 Å². The molecule has 0 saturated carbocycles. The summed E-state index contributed by atoms with van der Waals surface area (Å²) in [5.41, 5.74) is 0. The van der Waals surface area contributed by atoms with Gasteiger partial charge in [0.05, 0.1) is 10.1 Å². The van der Waals surface area contributed by atoms with E-state index in [9.17, 15) is 13.0 Å². The van der Waals surface area contributed by atoms with Crippen molar-refractivity contribution in [3.63, 3.8) is 0 Å². The maximum Gasteiger partial charge on any atom is 1.00 e. The van der Waals surface area contributed by atoms with E-state index < -0.39 is 10.1 Å². The third-order valence-electron chi connectivity index (χ3n) is 2.75. The van der Waals surface area contributed by atoms with E-state index in [2.05, 4.69) is 6.92 Å². The van der Waals surface area contributed by atoms with Gasteiger partial charge in [-0.25, -0.2) is 8.42 Å². The Kier molecular flexibility index (Phi) is 21.9. The number of halogens is 1. The van der Waals surface area contributed by atoms with Gasteiger partial charge in [0, 0.05) is 5.75 Å². The van der Waals surface area contributed by atoms with Crippen molar-refractivity contribution in [2.45, 2.75) is 71.1 Å². The Hall–Kier alpha value is 1.20. The van der Waals surface area contributed by atoms with Gasteiger partial charge in [-0.3, -0.25) is 0 Å². The molecular formula is C12H26ClNaO3S. The molecule has 18 heavy (non-hydrogen) atoms. The number of rotatable bonds is 11. The molecule has 106 valence electrons. The third-order valence-corrected chi connectivity index (χ3v) is 3.54. The van der Waals surface area contributed by atoms with Crippen molar-refractivity contribution in [1.29, 1.82) is 0 Å². The van der Waals surface area contributed by atoms with Crippen LogP contribution in [0, 0.1) is 0 Å². The molecule has 0 unspecified atom stereocenters. The summed E-state index contributed by atoms with van der Waals surface area (Å²) >= 11 is 0. The van der Waals surface area contributed by atoms with Crippen LogP contribution in [0.2, 0.25) is 0 Å². The molecule has 0 aliphatic heterocycles. The average Bonchev–Trinajstić information content (AvgIpc) is 2.19. The van der Waals surface area contributed by atoms with E-state index >= 15 is 0 Å². The molecule has 0 radical (unpaired) electrons. The predicted molar refractivity (Wildman–Crippen MR) is 73.7 cm³/mol. The van der Waals surface area contributed by atoms with Crippen molar-refractivity contribution in [1.82, 2.24) is 0 Å². The van der Waals surface area contributed by atoms with E-state index in [1.807, 2.05) is 0 Å². The van der Waals surface area contributed by atoms with Gasteiger partial charge in [-0.15, -0.1) is 12.4 Å². The van der Waals surface area contributed by atoms with Crippen LogP contribution in [0.4, 0.5) is 0 Å². The molecule has 0 bridgehead atoms. The molecule has 0 aromatic carbocycles. The Morgan fingerprint density at radius 1 is 0.778 bits per heavy atom. The first-order chi connectivity index (χ1) is 7.56. The summed E-state index contributed by atoms with van der Waals surface area (Å²) in [4.78, 5) is 0. The Bertz CT molecular complexity index is 246. The third kappa shape index (κ3) is 22.4. The smallest absolute Gasteiger partial charge is 0.748 e. The van der Waals surface area contributed by atoms with E-state index in [1.165, 1.54) is 44.9 Å². The summed E-state index contributed by atoms with van der Waals surface area (Å²) in [6.45, 7) is 2.21. The van der Waals surface area contributed by atoms with Gasteiger partial charge in [0.1, 0.15) is 0 Å². The van der Waals surface area contributed by atoms with Crippen LogP contribution in [0.5, 0.6) is 0 Å². The molecule has 0 atom stereocenters. The van der Waals surface area contributed by atoms with Crippen LogP contribution in [0.1, 0.15) is 71.1 Å². The second kappa shape index (κ2) is 16.3. The molecule has 0 heterocycles. The molecule has 0 aromatic heterocycles. The Labute approximate surface area is 141 Å². The van der Waals surface area contributed by atoms with Crippen LogP contribution in [-0.2, 0) is 10.1 Å². The quantitative estimate of drug-likeness (QED) is 0.323. The monoisotopic (exact) mass is 308 g/mol. The number of unbranched alkanes of at least 4 members (excludes halogenated alkanes) is 9. The first kappa shape index (κ1) is 24.2. The van der Waals surface area contributed by atoms with Crippen LogP contribution >= 0.6 is 12.4 Å². The Morgan fingerprint density at radius 3 is 1.44 bits per heavy atom. The molecule has 0 aliphatic carbocycles. The second-order valence-corrected chi connectivity index (χ2v) is 5.97. The van der Waals surface area contributed by atoms with Gasteiger partial charge in [0.25, 0.3) is 0 Å². The summed E-state index contributed by atoms with van der Waals surface area (Å²) in [7, 11) is -3.98. The van der Waals surface area contributed by atoms with Gasteiger partial charge in [-0.05, 0) is 6.42 Å². The molecule has 0 saturated heterocycles. The Balaban J connectivity index is -0.00000112. The van der Waals surface area contributed by atoms with Gasteiger partial charge in [0.2, 0.25) is 0 Å². The van der Waals surface area contributed by atoms with Gasteiger partial charge in [0.15, 0.2) is 0 Å². The molecular weight excluding hydrogens is 283 g/mol. The van der Waals surface area contributed by atoms with Gasteiger partial charge in [-0.1, -0.05) is 64.7 Å². The largest absolute Gasteiger partial charge is 1.00 e. The topological polar surface area (TPSA) is 57.2 Å². The summed E-state index contributed by atoms with van der Waals surface area (Å²) in [6.07, 6.45) is 11.4. The van der Waals surface area contributed by atoms with Crippen molar-refractivity contribution in [3.05, 3.63) is 0 Å². The average molecular weight is 309 g/mol. The van der Waals surface area contributed by atoms with E-state index in [0.29, 0.717) is 6.42 Å². The van der Waals surface area contributed by atoms with Crippen LogP contribution in [0.3, 0.4) is 0 Å². The van der Waals surface area contributed by atoms with Crippen LogP contribution in [-0.4, -0.2) is 18.7 Å². The zero-order valence-corrected chi connectivity index (χ0v) is 15.5. The minimum absolute atomic E-state index is 0. The minimum Gasteiger partial charge on any atom is -0.748 e. The van der Waals surface area contributed by atoms with Crippen molar-refractivity contribution in [2.75, 3.05) is 5.75 Å². The van der Waals surface area contributed by atoms with Crippen molar-refractivity contribution in [3.8, 4) is 0 Å². The van der Waals surface area contributed by atoms with Gasteiger partial charge in [-0.2, -0.15) is 0 Å². The van der Waals surface area contributed by atoms with Gasteiger partial charge >= 0.3 is 29.6 Å². The molecule has 0 spiro atoms. The van der Waals surface area contributed by atoms with Gasteiger partial charge < -0.3 is 4.55 Å². The molecule has 0 aromatic rings. The maximum atomic E-state index is 10.3.